The maximum atomic E-state index is 12.7. The maximum Gasteiger partial charge on any atom is 0.255 e. The molecule has 0 radical (unpaired) electrons. The van der Waals surface area contributed by atoms with Gasteiger partial charge in [-0.15, -0.1) is 0 Å². The number of amides is 1. The van der Waals surface area contributed by atoms with Crippen molar-refractivity contribution in [1.29, 1.82) is 0 Å². The molecule has 2 unspecified atom stereocenters. The maximum absolute atomic E-state index is 12.7. The number of para-hydroxylation sites is 1. The van der Waals surface area contributed by atoms with Gasteiger partial charge < -0.3 is 20.3 Å². The lowest BCUT2D eigenvalue weighted by Gasteiger charge is -2.40. The fourth-order valence-corrected chi connectivity index (χ4v) is 5.92. The topological polar surface area (TPSA) is 91.7 Å². The standard InChI is InChI=1S/C34H34Cl2N2O4/c1-20-9-14-28(36)27(15-20)30-25(21-10-12-23(35)13-11-21)16-26-22(17-33(2,3)42-32(26)38-30)18-34(4,41)19-37-31(40)24-7-5-6-8-29(24)39/h5-16,22,39,41H,17-19H2,1-4H3,(H,37,40). The summed E-state index contributed by atoms with van der Waals surface area (Å²) < 4.78 is 6.42. The number of aryl methyl sites for hydroxylation is 1. The summed E-state index contributed by atoms with van der Waals surface area (Å²) in [7, 11) is 0. The van der Waals surface area contributed by atoms with E-state index in [2.05, 4.69) is 11.4 Å². The van der Waals surface area contributed by atoms with Crippen LogP contribution in [0.1, 0.15) is 61.0 Å². The van der Waals surface area contributed by atoms with Crippen molar-refractivity contribution in [3.05, 3.63) is 99.5 Å². The Balaban J connectivity index is 1.53. The van der Waals surface area contributed by atoms with E-state index in [1.54, 1.807) is 25.1 Å². The molecule has 0 saturated heterocycles. The van der Waals surface area contributed by atoms with Crippen LogP contribution in [0.15, 0.2) is 72.8 Å². The van der Waals surface area contributed by atoms with Gasteiger partial charge in [-0.05, 0) is 94.5 Å². The summed E-state index contributed by atoms with van der Waals surface area (Å²) >= 11 is 12.9. The fourth-order valence-electron chi connectivity index (χ4n) is 5.58. The Hall–Kier alpha value is -3.58. The van der Waals surface area contributed by atoms with Gasteiger partial charge in [0.25, 0.3) is 5.91 Å². The minimum Gasteiger partial charge on any atom is -0.507 e. The number of nitrogens with zero attached hydrogens (tertiary/aromatic N) is 1. The second-order valence-corrected chi connectivity index (χ2v) is 12.8. The number of hydrogen-bond donors (Lipinski definition) is 3. The van der Waals surface area contributed by atoms with E-state index < -0.39 is 17.1 Å². The molecule has 5 rings (SSSR count). The van der Waals surface area contributed by atoms with Crippen LogP contribution in [-0.2, 0) is 0 Å². The van der Waals surface area contributed by atoms with Crippen molar-refractivity contribution in [2.75, 3.05) is 6.54 Å². The SMILES string of the molecule is Cc1ccc(Cl)c(-c2nc3c(cc2-c2ccc(Cl)cc2)C(CC(C)(O)CNC(=O)c2ccccc2O)CC(C)(C)O3)c1. The van der Waals surface area contributed by atoms with E-state index in [1.165, 1.54) is 6.07 Å². The number of phenolic OH excluding ortho intramolecular Hbond substituents is 1. The monoisotopic (exact) mass is 604 g/mol. The van der Waals surface area contributed by atoms with Gasteiger partial charge in [-0.3, -0.25) is 4.79 Å². The summed E-state index contributed by atoms with van der Waals surface area (Å²) in [6.07, 6.45) is 0.982. The van der Waals surface area contributed by atoms with Crippen molar-refractivity contribution in [2.45, 2.75) is 57.7 Å². The number of aromatic nitrogens is 1. The van der Waals surface area contributed by atoms with Gasteiger partial charge in [0.2, 0.25) is 5.88 Å². The molecule has 8 heteroatoms. The molecule has 218 valence electrons. The van der Waals surface area contributed by atoms with Crippen molar-refractivity contribution in [3.8, 4) is 34.0 Å². The number of fused-ring (bicyclic) bond motifs is 1. The van der Waals surface area contributed by atoms with Crippen LogP contribution in [0.2, 0.25) is 10.0 Å². The number of phenols is 1. The highest BCUT2D eigenvalue weighted by atomic mass is 35.5. The molecule has 4 aromatic rings. The Morgan fingerprint density at radius 3 is 2.50 bits per heavy atom. The normalized spacial score (nSPS) is 17.1. The number of hydrogen-bond acceptors (Lipinski definition) is 5. The summed E-state index contributed by atoms with van der Waals surface area (Å²) in [5.41, 5.74) is 3.58. The molecule has 0 bridgehead atoms. The van der Waals surface area contributed by atoms with Gasteiger partial charge in [0, 0.05) is 28.3 Å². The van der Waals surface area contributed by atoms with E-state index in [9.17, 15) is 15.0 Å². The average Bonchev–Trinajstić information content (AvgIpc) is 2.92. The molecule has 1 aromatic heterocycles. The first-order valence-corrected chi connectivity index (χ1v) is 14.6. The Morgan fingerprint density at radius 1 is 1.07 bits per heavy atom. The summed E-state index contributed by atoms with van der Waals surface area (Å²) in [5.74, 6) is -0.190. The predicted molar refractivity (Wildman–Crippen MR) is 168 cm³/mol. The molecule has 6 nitrogen and oxygen atoms in total. The Kier molecular flexibility index (Phi) is 8.26. The van der Waals surface area contributed by atoms with E-state index in [4.69, 9.17) is 32.9 Å². The van der Waals surface area contributed by atoms with E-state index in [-0.39, 0.29) is 23.8 Å². The van der Waals surface area contributed by atoms with Crippen LogP contribution in [0.4, 0.5) is 0 Å². The minimum absolute atomic E-state index is 0.00173. The van der Waals surface area contributed by atoms with Crippen LogP contribution >= 0.6 is 23.2 Å². The molecule has 3 aromatic carbocycles. The van der Waals surface area contributed by atoms with Crippen LogP contribution in [0.25, 0.3) is 22.4 Å². The molecule has 0 spiro atoms. The number of benzene rings is 3. The van der Waals surface area contributed by atoms with E-state index in [0.717, 1.165) is 27.8 Å². The van der Waals surface area contributed by atoms with Gasteiger partial charge in [0.15, 0.2) is 0 Å². The largest absolute Gasteiger partial charge is 0.507 e. The number of nitrogens with one attached hydrogen (secondary N) is 1. The summed E-state index contributed by atoms with van der Waals surface area (Å²) in [5, 5.41) is 25.5. The molecule has 3 N–H and O–H groups in total. The third kappa shape index (κ3) is 6.57. The van der Waals surface area contributed by atoms with Gasteiger partial charge in [0.1, 0.15) is 11.4 Å². The zero-order chi connectivity index (χ0) is 30.2. The third-order valence-corrected chi connectivity index (χ3v) is 8.14. The van der Waals surface area contributed by atoms with E-state index in [0.29, 0.717) is 34.5 Å². The lowest BCUT2D eigenvalue weighted by molar-refractivity contribution is 0.0159. The minimum atomic E-state index is -1.26. The predicted octanol–water partition coefficient (Wildman–Crippen LogP) is 7.95. The summed E-state index contributed by atoms with van der Waals surface area (Å²) in [4.78, 5) is 17.8. The molecule has 1 aliphatic rings. The molecule has 2 atom stereocenters. The first-order valence-electron chi connectivity index (χ1n) is 13.9. The molecular weight excluding hydrogens is 571 g/mol. The van der Waals surface area contributed by atoms with E-state index in [1.807, 2.05) is 63.2 Å². The quantitative estimate of drug-likeness (QED) is 0.199. The third-order valence-electron chi connectivity index (χ3n) is 7.56. The van der Waals surface area contributed by atoms with Crippen molar-refractivity contribution >= 4 is 29.1 Å². The molecule has 42 heavy (non-hydrogen) atoms. The van der Waals surface area contributed by atoms with Crippen molar-refractivity contribution < 1.29 is 19.7 Å². The molecule has 2 heterocycles. The Labute approximate surface area is 256 Å². The van der Waals surface area contributed by atoms with Crippen molar-refractivity contribution in [2.24, 2.45) is 0 Å². The number of aliphatic hydroxyl groups is 1. The van der Waals surface area contributed by atoms with Gasteiger partial charge >= 0.3 is 0 Å². The summed E-state index contributed by atoms with van der Waals surface area (Å²) in [6, 6.07) is 21.8. The number of ether oxygens (including phenoxy) is 1. The number of pyridine rings is 1. The zero-order valence-electron chi connectivity index (χ0n) is 24.0. The fraction of sp³-hybridized carbons (Fsp3) is 0.294. The number of rotatable bonds is 7. The molecule has 0 fully saturated rings. The number of carbonyl (C=O) groups is 1. The first kappa shape index (κ1) is 29.9. The molecule has 0 aliphatic carbocycles. The summed E-state index contributed by atoms with van der Waals surface area (Å²) in [6.45, 7) is 7.73. The lowest BCUT2D eigenvalue weighted by atomic mass is 9.78. The van der Waals surface area contributed by atoms with Gasteiger partial charge in [0.05, 0.1) is 21.9 Å². The smallest absolute Gasteiger partial charge is 0.255 e. The Morgan fingerprint density at radius 2 is 1.79 bits per heavy atom. The molecule has 1 amide bonds. The zero-order valence-corrected chi connectivity index (χ0v) is 25.6. The highest BCUT2D eigenvalue weighted by Crippen LogP contribution is 2.47. The van der Waals surface area contributed by atoms with Crippen LogP contribution in [-0.4, -0.2) is 38.9 Å². The van der Waals surface area contributed by atoms with Crippen LogP contribution in [0.3, 0.4) is 0 Å². The lowest BCUT2D eigenvalue weighted by Crippen LogP contribution is -2.44. The average molecular weight is 606 g/mol. The highest BCUT2D eigenvalue weighted by Gasteiger charge is 2.39. The van der Waals surface area contributed by atoms with Gasteiger partial charge in [-0.2, -0.15) is 0 Å². The van der Waals surface area contributed by atoms with Crippen molar-refractivity contribution in [3.63, 3.8) is 0 Å². The van der Waals surface area contributed by atoms with Gasteiger partial charge in [-0.1, -0.05) is 59.1 Å². The van der Waals surface area contributed by atoms with E-state index >= 15 is 0 Å². The number of halogens is 2. The van der Waals surface area contributed by atoms with Gasteiger partial charge in [-0.25, -0.2) is 4.98 Å². The first-order chi connectivity index (χ1) is 19.8. The highest BCUT2D eigenvalue weighted by molar-refractivity contribution is 6.33. The number of aromatic hydroxyl groups is 1. The van der Waals surface area contributed by atoms with Crippen molar-refractivity contribution in [1.82, 2.24) is 10.3 Å². The molecular formula is C34H34Cl2N2O4. The van der Waals surface area contributed by atoms with Crippen LogP contribution in [0, 0.1) is 6.92 Å². The number of carbonyl (C=O) groups excluding carboxylic acids is 1. The molecule has 0 saturated carbocycles. The second kappa shape index (κ2) is 11.6. The van der Waals surface area contributed by atoms with Crippen LogP contribution in [0.5, 0.6) is 11.6 Å². The van der Waals surface area contributed by atoms with Crippen LogP contribution < -0.4 is 10.1 Å². The Bertz CT molecular complexity index is 1630. The molecule has 1 aliphatic heterocycles. The second-order valence-electron chi connectivity index (χ2n) is 11.9.